The normalized spacial score (nSPS) is 22.4. The van der Waals surface area contributed by atoms with Crippen LogP contribution in [0.2, 0.25) is 0 Å². The molecule has 7 nitrogen and oxygen atoms in total. The minimum atomic E-state index is -0.865. The van der Waals surface area contributed by atoms with Gasteiger partial charge in [0.25, 0.3) is 0 Å². The van der Waals surface area contributed by atoms with E-state index in [4.69, 9.17) is 4.74 Å². The van der Waals surface area contributed by atoms with E-state index < -0.39 is 23.5 Å². The molecule has 172 valence electrons. The number of hydrogen-bond donors (Lipinski definition) is 2. The zero-order valence-corrected chi connectivity index (χ0v) is 18.6. The second-order valence-electron chi connectivity index (χ2n) is 9.63. The van der Waals surface area contributed by atoms with Gasteiger partial charge < -0.3 is 20.1 Å². The van der Waals surface area contributed by atoms with Crippen LogP contribution in [0, 0.1) is 11.8 Å². The molecule has 1 saturated heterocycles. The Balaban J connectivity index is 1.18. The van der Waals surface area contributed by atoms with Gasteiger partial charge >= 0.3 is 12.1 Å². The van der Waals surface area contributed by atoms with Crippen molar-refractivity contribution in [3.05, 3.63) is 59.7 Å². The second kappa shape index (κ2) is 8.21. The highest BCUT2D eigenvalue weighted by Crippen LogP contribution is 2.45. The molecule has 7 heteroatoms. The summed E-state index contributed by atoms with van der Waals surface area (Å²) in [5, 5.41) is 12.2. The van der Waals surface area contributed by atoms with Gasteiger partial charge in [0.15, 0.2) is 0 Å². The summed E-state index contributed by atoms with van der Waals surface area (Å²) in [6.07, 6.45) is 1.10. The fourth-order valence-electron chi connectivity index (χ4n) is 5.24. The SMILES string of the molecule is C[C@@H]1CN(C(=O)CC2(NC(=O)OCC3c4ccccc4-c4ccccc43)CC2)C[C@H]1C(=O)O. The number of carbonyl (C=O) groups excluding carboxylic acids is 2. The van der Waals surface area contributed by atoms with Gasteiger partial charge in [0, 0.05) is 19.0 Å². The Morgan fingerprint density at radius 2 is 1.64 bits per heavy atom. The van der Waals surface area contributed by atoms with E-state index in [9.17, 15) is 19.5 Å². The van der Waals surface area contributed by atoms with Gasteiger partial charge in [0.2, 0.25) is 5.91 Å². The minimum Gasteiger partial charge on any atom is -0.481 e. The number of hydrogen-bond acceptors (Lipinski definition) is 4. The highest BCUT2D eigenvalue weighted by molar-refractivity contribution is 5.82. The van der Waals surface area contributed by atoms with E-state index in [1.165, 1.54) is 11.1 Å². The van der Waals surface area contributed by atoms with Gasteiger partial charge in [-0.25, -0.2) is 4.79 Å². The van der Waals surface area contributed by atoms with Crippen LogP contribution in [0.15, 0.2) is 48.5 Å². The largest absolute Gasteiger partial charge is 0.481 e. The van der Waals surface area contributed by atoms with E-state index in [1.54, 1.807) is 4.90 Å². The molecule has 2 atom stereocenters. The molecule has 0 unspecified atom stereocenters. The van der Waals surface area contributed by atoms with E-state index in [1.807, 2.05) is 31.2 Å². The van der Waals surface area contributed by atoms with E-state index in [0.717, 1.165) is 11.1 Å². The van der Waals surface area contributed by atoms with Crippen molar-refractivity contribution < 1.29 is 24.2 Å². The molecule has 33 heavy (non-hydrogen) atoms. The van der Waals surface area contributed by atoms with Gasteiger partial charge in [-0.05, 0) is 41.0 Å². The fourth-order valence-corrected chi connectivity index (χ4v) is 5.24. The van der Waals surface area contributed by atoms with Crippen molar-refractivity contribution in [3.63, 3.8) is 0 Å². The highest BCUT2D eigenvalue weighted by atomic mass is 16.5. The van der Waals surface area contributed by atoms with Crippen LogP contribution in [-0.2, 0) is 14.3 Å². The number of nitrogens with zero attached hydrogens (tertiary/aromatic N) is 1. The molecule has 0 spiro atoms. The molecule has 2 aromatic rings. The molecule has 3 aliphatic rings. The van der Waals surface area contributed by atoms with Crippen LogP contribution in [0.4, 0.5) is 4.79 Å². The average molecular weight is 449 g/mol. The van der Waals surface area contributed by atoms with Gasteiger partial charge in [-0.1, -0.05) is 55.5 Å². The van der Waals surface area contributed by atoms with Crippen molar-refractivity contribution in [3.8, 4) is 11.1 Å². The third-order valence-electron chi connectivity index (χ3n) is 7.34. The molecule has 0 bridgehead atoms. The van der Waals surface area contributed by atoms with Crippen LogP contribution in [0.3, 0.4) is 0 Å². The first-order chi connectivity index (χ1) is 15.9. The first kappa shape index (κ1) is 21.5. The third kappa shape index (κ3) is 4.08. The molecule has 1 heterocycles. The Morgan fingerprint density at radius 3 is 2.18 bits per heavy atom. The Labute approximate surface area is 192 Å². The number of rotatable bonds is 6. The number of benzene rings is 2. The molecule has 1 aliphatic heterocycles. The number of fused-ring (bicyclic) bond motifs is 3. The van der Waals surface area contributed by atoms with E-state index >= 15 is 0 Å². The molecule has 5 rings (SSSR count). The maximum atomic E-state index is 12.8. The summed E-state index contributed by atoms with van der Waals surface area (Å²) in [5.74, 6) is -1.59. The third-order valence-corrected chi connectivity index (χ3v) is 7.34. The number of alkyl carbamates (subject to hydrolysis) is 1. The van der Waals surface area contributed by atoms with Crippen LogP contribution >= 0.6 is 0 Å². The zero-order valence-electron chi connectivity index (χ0n) is 18.6. The van der Waals surface area contributed by atoms with Crippen LogP contribution in [0.25, 0.3) is 11.1 Å². The second-order valence-corrected chi connectivity index (χ2v) is 9.63. The van der Waals surface area contributed by atoms with Crippen molar-refractivity contribution >= 4 is 18.0 Å². The Hall–Kier alpha value is -3.35. The summed E-state index contributed by atoms with van der Waals surface area (Å²) < 4.78 is 5.64. The number of likely N-dealkylation sites (tertiary alicyclic amines) is 1. The minimum absolute atomic E-state index is 0.0148. The lowest BCUT2D eigenvalue weighted by molar-refractivity contribution is -0.142. The standard InChI is InChI=1S/C26H28N2O5/c1-16-13-28(14-21(16)24(30)31)23(29)12-26(10-11-26)27-25(32)33-15-22-19-8-4-2-6-17(19)18-7-3-5-9-20(18)22/h2-9,16,21-22H,10-15H2,1H3,(H,27,32)(H,30,31)/t16-,21-/m1/s1. The van der Waals surface area contributed by atoms with Gasteiger partial charge in [-0.2, -0.15) is 0 Å². The van der Waals surface area contributed by atoms with Gasteiger partial charge in [-0.15, -0.1) is 0 Å². The van der Waals surface area contributed by atoms with Crippen LogP contribution in [0.5, 0.6) is 0 Å². The summed E-state index contributed by atoms with van der Waals surface area (Å²) in [4.78, 5) is 38.4. The van der Waals surface area contributed by atoms with Crippen LogP contribution < -0.4 is 5.32 Å². The topological polar surface area (TPSA) is 95.9 Å². The number of ether oxygens (including phenoxy) is 1. The van der Waals surface area contributed by atoms with Crippen LogP contribution in [0.1, 0.15) is 43.2 Å². The van der Waals surface area contributed by atoms with Crippen LogP contribution in [-0.4, -0.2) is 53.2 Å². The first-order valence-corrected chi connectivity index (χ1v) is 11.5. The van der Waals surface area contributed by atoms with E-state index in [2.05, 4.69) is 29.6 Å². The first-order valence-electron chi connectivity index (χ1n) is 11.5. The molecule has 2 amide bonds. The molecule has 2 aromatic carbocycles. The van der Waals surface area contributed by atoms with Crippen molar-refractivity contribution in [1.29, 1.82) is 0 Å². The molecule has 2 fully saturated rings. The maximum absolute atomic E-state index is 12.8. The van der Waals surface area contributed by atoms with Gasteiger partial charge in [0.05, 0.1) is 17.9 Å². The maximum Gasteiger partial charge on any atom is 0.407 e. The molecular weight excluding hydrogens is 420 g/mol. The average Bonchev–Trinajstić information content (AvgIpc) is 3.29. The fraction of sp³-hybridized carbons (Fsp3) is 0.423. The lowest BCUT2D eigenvalue weighted by Gasteiger charge is -2.22. The molecule has 2 N–H and O–H groups in total. The van der Waals surface area contributed by atoms with Crippen molar-refractivity contribution in [2.24, 2.45) is 11.8 Å². The number of nitrogens with one attached hydrogen (secondary N) is 1. The highest BCUT2D eigenvalue weighted by Gasteiger charge is 2.48. The number of carboxylic acids is 1. The summed E-state index contributed by atoms with van der Waals surface area (Å²) in [6.45, 7) is 2.76. The Kier molecular flexibility index (Phi) is 5.35. The quantitative estimate of drug-likeness (QED) is 0.704. The summed E-state index contributed by atoms with van der Waals surface area (Å²) in [5.41, 5.74) is 4.07. The van der Waals surface area contributed by atoms with Gasteiger partial charge in [-0.3, -0.25) is 9.59 Å². The molecule has 2 aliphatic carbocycles. The monoisotopic (exact) mass is 448 g/mol. The number of aliphatic carboxylic acids is 1. The lowest BCUT2D eigenvalue weighted by atomic mass is 9.98. The number of carboxylic acid groups (broad SMARTS) is 1. The predicted molar refractivity (Wildman–Crippen MR) is 122 cm³/mol. The van der Waals surface area contributed by atoms with E-state index in [0.29, 0.717) is 19.4 Å². The lowest BCUT2D eigenvalue weighted by Crippen LogP contribution is -2.42. The molecule has 0 aromatic heterocycles. The van der Waals surface area contributed by atoms with Gasteiger partial charge in [0.1, 0.15) is 6.61 Å². The predicted octanol–water partition coefficient (Wildman–Crippen LogP) is 3.63. The van der Waals surface area contributed by atoms with Crippen molar-refractivity contribution in [1.82, 2.24) is 10.2 Å². The zero-order chi connectivity index (χ0) is 23.2. The molecule has 0 radical (unpaired) electrons. The molecule has 1 saturated carbocycles. The smallest absolute Gasteiger partial charge is 0.407 e. The van der Waals surface area contributed by atoms with E-state index in [-0.39, 0.29) is 37.3 Å². The number of carbonyl (C=O) groups is 3. The Morgan fingerprint density at radius 1 is 1.03 bits per heavy atom. The summed E-state index contributed by atoms with van der Waals surface area (Å²) in [7, 11) is 0. The molecular formula is C26H28N2O5. The summed E-state index contributed by atoms with van der Waals surface area (Å²) in [6, 6.07) is 16.3. The summed E-state index contributed by atoms with van der Waals surface area (Å²) >= 11 is 0. The van der Waals surface area contributed by atoms with Crippen molar-refractivity contribution in [2.45, 2.75) is 37.6 Å². The van der Waals surface area contributed by atoms with Crippen molar-refractivity contribution in [2.75, 3.05) is 19.7 Å². The number of amides is 2. The Bertz CT molecular complexity index is 1060.